The van der Waals surface area contributed by atoms with Crippen LogP contribution in [0, 0.1) is 0 Å². The van der Waals surface area contributed by atoms with Crippen LogP contribution in [-0.4, -0.2) is 17.6 Å². The molecule has 0 heterocycles. The highest BCUT2D eigenvalue weighted by atomic mass is 16.4. The molecule has 4 N–H and O–H groups in total. The van der Waals surface area contributed by atoms with E-state index in [1.54, 1.807) is 0 Å². The normalized spacial score (nSPS) is 11.8. The van der Waals surface area contributed by atoms with E-state index in [2.05, 4.69) is 34.7 Å². The van der Waals surface area contributed by atoms with Crippen molar-refractivity contribution in [3.63, 3.8) is 0 Å². The number of nitrogens with zero attached hydrogens (tertiary/aromatic N) is 1. The molecule has 0 unspecified atom stereocenters. The second-order valence-corrected chi connectivity index (χ2v) is 4.90. The van der Waals surface area contributed by atoms with Crippen molar-refractivity contribution in [3.8, 4) is 0 Å². The number of amidine groups is 1. The third-order valence-electron chi connectivity index (χ3n) is 3.35. The average Bonchev–Trinajstić information content (AvgIpc) is 2.56. The number of benzene rings is 2. The second-order valence-electron chi connectivity index (χ2n) is 4.90. The number of hydrogen-bond donors (Lipinski definition) is 3. The summed E-state index contributed by atoms with van der Waals surface area (Å²) in [5, 5.41) is 15.1. The van der Waals surface area contributed by atoms with Gasteiger partial charge in [-0.05, 0) is 24.1 Å². The van der Waals surface area contributed by atoms with Crippen LogP contribution >= 0.6 is 0 Å². The van der Waals surface area contributed by atoms with Crippen molar-refractivity contribution in [1.29, 1.82) is 0 Å². The van der Waals surface area contributed by atoms with E-state index in [9.17, 15) is 0 Å². The largest absolute Gasteiger partial charge is 0.409 e. The van der Waals surface area contributed by atoms with E-state index in [4.69, 9.17) is 10.9 Å². The van der Waals surface area contributed by atoms with Gasteiger partial charge in [0.05, 0.1) is 6.04 Å². The van der Waals surface area contributed by atoms with Gasteiger partial charge in [-0.25, -0.2) is 0 Å². The minimum atomic E-state index is 0.152. The summed E-state index contributed by atoms with van der Waals surface area (Å²) in [5.41, 5.74) is 7.94. The summed E-state index contributed by atoms with van der Waals surface area (Å²) in [6, 6.07) is 20.8. The summed E-state index contributed by atoms with van der Waals surface area (Å²) in [6.45, 7) is 0.796. The molecule has 0 amide bonds. The topological polar surface area (TPSA) is 70.6 Å². The van der Waals surface area contributed by atoms with E-state index < -0.39 is 0 Å². The molecule has 4 nitrogen and oxygen atoms in total. The molecular formula is C17H21N3O. The third kappa shape index (κ3) is 4.61. The Kier molecular flexibility index (Phi) is 5.79. The molecule has 0 radical (unpaired) electrons. The molecule has 0 spiro atoms. The number of nitrogens with one attached hydrogen (secondary N) is 1. The number of rotatable bonds is 7. The van der Waals surface area contributed by atoms with Crippen LogP contribution in [0.3, 0.4) is 0 Å². The zero-order chi connectivity index (χ0) is 14.9. The van der Waals surface area contributed by atoms with Gasteiger partial charge in [-0.2, -0.15) is 0 Å². The Hall–Kier alpha value is -2.33. The number of hydrogen-bond acceptors (Lipinski definition) is 3. The standard InChI is InChI=1S/C17H21N3O/c18-16(20-21)12-7-13-19-17(14-8-3-1-4-9-14)15-10-5-2-6-11-15/h1-6,8-11,17,19,21H,7,12-13H2,(H2,18,20). The highest BCUT2D eigenvalue weighted by Crippen LogP contribution is 2.21. The molecule has 2 rings (SSSR count). The van der Waals surface area contributed by atoms with Crippen LogP contribution < -0.4 is 11.1 Å². The zero-order valence-electron chi connectivity index (χ0n) is 11.9. The van der Waals surface area contributed by atoms with Crippen molar-refractivity contribution >= 4 is 5.84 Å². The van der Waals surface area contributed by atoms with Gasteiger partial charge in [-0.1, -0.05) is 65.8 Å². The lowest BCUT2D eigenvalue weighted by Crippen LogP contribution is -2.24. The molecule has 0 aliphatic carbocycles. The van der Waals surface area contributed by atoms with Crippen molar-refractivity contribution in [3.05, 3.63) is 71.8 Å². The van der Waals surface area contributed by atoms with E-state index in [0.29, 0.717) is 6.42 Å². The minimum absolute atomic E-state index is 0.152. The van der Waals surface area contributed by atoms with Gasteiger partial charge < -0.3 is 16.3 Å². The van der Waals surface area contributed by atoms with Gasteiger partial charge in [-0.3, -0.25) is 0 Å². The van der Waals surface area contributed by atoms with Crippen LogP contribution in [0.15, 0.2) is 65.8 Å². The Balaban J connectivity index is 2.04. The summed E-state index contributed by atoms with van der Waals surface area (Å²) in [5.74, 6) is 0.271. The van der Waals surface area contributed by atoms with Crippen molar-refractivity contribution in [1.82, 2.24) is 5.32 Å². The van der Waals surface area contributed by atoms with Crippen LogP contribution in [0.2, 0.25) is 0 Å². The molecule has 110 valence electrons. The highest BCUT2D eigenvalue weighted by Gasteiger charge is 2.12. The van der Waals surface area contributed by atoms with Crippen molar-refractivity contribution < 1.29 is 5.21 Å². The smallest absolute Gasteiger partial charge is 0.139 e. The van der Waals surface area contributed by atoms with Crippen LogP contribution in [0.1, 0.15) is 30.0 Å². The lowest BCUT2D eigenvalue weighted by atomic mass is 9.98. The van der Waals surface area contributed by atoms with Gasteiger partial charge >= 0.3 is 0 Å². The Labute approximate surface area is 125 Å². The molecule has 0 aliphatic heterocycles. The average molecular weight is 283 g/mol. The summed E-state index contributed by atoms with van der Waals surface area (Å²) in [4.78, 5) is 0. The maximum atomic E-state index is 8.54. The molecular weight excluding hydrogens is 262 g/mol. The van der Waals surface area contributed by atoms with E-state index in [1.165, 1.54) is 11.1 Å². The molecule has 2 aromatic carbocycles. The first kappa shape index (κ1) is 15.1. The highest BCUT2D eigenvalue weighted by molar-refractivity contribution is 5.79. The van der Waals surface area contributed by atoms with Crippen molar-refractivity contribution in [2.75, 3.05) is 6.54 Å². The molecule has 0 atom stereocenters. The summed E-state index contributed by atoms with van der Waals surface area (Å²) >= 11 is 0. The van der Waals surface area contributed by atoms with Crippen LogP contribution in [0.25, 0.3) is 0 Å². The second kappa shape index (κ2) is 8.07. The van der Waals surface area contributed by atoms with Crippen molar-refractivity contribution in [2.45, 2.75) is 18.9 Å². The van der Waals surface area contributed by atoms with Crippen LogP contribution in [-0.2, 0) is 0 Å². The Bertz CT molecular complexity index is 515. The molecule has 0 saturated carbocycles. The maximum absolute atomic E-state index is 8.54. The molecule has 4 heteroatoms. The predicted molar refractivity (Wildman–Crippen MR) is 85.4 cm³/mol. The summed E-state index contributed by atoms with van der Waals surface area (Å²) in [6.07, 6.45) is 1.41. The fourth-order valence-corrected chi connectivity index (χ4v) is 2.29. The van der Waals surface area contributed by atoms with E-state index in [1.807, 2.05) is 36.4 Å². The minimum Gasteiger partial charge on any atom is -0.409 e. The first-order valence-corrected chi connectivity index (χ1v) is 7.11. The monoisotopic (exact) mass is 283 g/mol. The van der Waals surface area contributed by atoms with Gasteiger partial charge in [0.15, 0.2) is 0 Å². The molecule has 0 aromatic heterocycles. The van der Waals surface area contributed by atoms with Gasteiger partial charge in [0.25, 0.3) is 0 Å². The van der Waals surface area contributed by atoms with Crippen molar-refractivity contribution in [2.24, 2.45) is 10.9 Å². The Morgan fingerprint density at radius 2 is 1.52 bits per heavy atom. The molecule has 0 aliphatic rings. The van der Waals surface area contributed by atoms with Gasteiger partial charge in [0, 0.05) is 6.42 Å². The molecule has 0 bridgehead atoms. The van der Waals surface area contributed by atoms with E-state index in [-0.39, 0.29) is 11.9 Å². The lowest BCUT2D eigenvalue weighted by molar-refractivity contribution is 0.316. The zero-order valence-corrected chi connectivity index (χ0v) is 11.9. The Morgan fingerprint density at radius 3 is 2.00 bits per heavy atom. The van der Waals surface area contributed by atoms with E-state index >= 15 is 0 Å². The molecule has 0 fully saturated rings. The molecule has 2 aromatic rings. The fourth-order valence-electron chi connectivity index (χ4n) is 2.29. The molecule has 0 saturated heterocycles. The third-order valence-corrected chi connectivity index (χ3v) is 3.35. The van der Waals surface area contributed by atoms with Gasteiger partial charge in [0.1, 0.15) is 5.84 Å². The van der Waals surface area contributed by atoms with Gasteiger partial charge in [0.2, 0.25) is 0 Å². The SMILES string of the molecule is NC(CCCNC(c1ccccc1)c1ccccc1)=NO. The number of oxime groups is 1. The fraction of sp³-hybridized carbons (Fsp3) is 0.235. The quantitative estimate of drug-likeness (QED) is 0.240. The lowest BCUT2D eigenvalue weighted by Gasteiger charge is -2.20. The predicted octanol–water partition coefficient (Wildman–Crippen LogP) is 2.89. The van der Waals surface area contributed by atoms with Gasteiger partial charge in [-0.15, -0.1) is 0 Å². The first-order valence-electron chi connectivity index (χ1n) is 7.11. The number of nitrogens with two attached hydrogens (primary N) is 1. The van der Waals surface area contributed by atoms with Crippen LogP contribution in [0.5, 0.6) is 0 Å². The van der Waals surface area contributed by atoms with E-state index in [0.717, 1.165) is 13.0 Å². The van der Waals surface area contributed by atoms with Crippen LogP contribution in [0.4, 0.5) is 0 Å². The first-order chi connectivity index (χ1) is 10.3. The Morgan fingerprint density at radius 1 is 1.00 bits per heavy atom. The summed E-state index contributed by atoms with van der Waals surface area (Å²) in [7, 11) is 0. The molecule has 21 heavy (non-hydrogen) atoms. The maximum Gasteiger partial charge on any atom is 0.139 e. The summed E-state index contributed by atoms with van der Waals surface area (Å²) < 4.78 is 0.